The Bertz CT molecular complexity index is 566. The van der Waals surface area contributed by atoms with E-state index in [1.54, 1.807) is 12.3 Å². The van der Waals surface area contributed by atoms with Crippen LogP contribution in [0.4, 0.5) is 0 Å². The van der Waals surface area contributed by atoms with Gasteiger partial charge in [-0.05, 0) is 39.1 Å². The summed E-state index contributed by atoms with van der Waals surface area (Å²) in [5.74, 6) is 0.0452. The van der Waals surface area contributed by atoms with E-state index in [1.807, 2.05) is 17.0 Å². The average molecular weight is 346 g/mol. The minimum absolute atomic E-state index is 0.0452. The molecule has 3 rings (SSSR count). The van der Waals surface area contributed by atoms with Gasteiger partial charge < -0.3 is 14.5 Å². The van der Waals surface area contributed by atoms with Crippen molar-refractivity contribution < 1.29 is 9.53 Å². The summed E-state index contributed by atoms with van der Waals surface area (Å²) in [4.78, 5) is 23.7. The standard InChI is InChI=1S/C19H30N4O2/c1-21(2)10-11-22-12-13-25-16-19(14-22)7-5-9-23(15-19)18(24)17-6-3-4-8-20-17/h3-4,6,8H,5,7,9-16H2,1-2H3/t19-/m0/s1. The average Bonchev–Trinajstić information content (AvgIpc) is 2.82. The predicted molar refractivity (Wildman–Crippen MR) is 97.6 cm³/mol. The minimum Gasteiger partial charge on any atom is -0.379 e. The molecule has 0 N–H and O–H groups in total. The molecule has 2 saturated heterocycles. The second-order valence-electron chi connectivity index (χ2n) is 7.68. The highest BCUT2D eigenvalue weighted by molar-refractivity contribution is 5.92. The second kappa shape index (κ2) is 8.25. The van der Waals surface area contributed by atoms with Gasteiger partial charge in [0, 0.05) is 50.9 Å². The van der Waals surface area contributed by atoms with Gasteiger partial charge in [-0.2, -0.15) is 0 Å². The Balaban J connectivity index is 1.68. The maximum atomic E-state index is 12.8. The summed E-state index contributed by atoms with van der Waals surface area (Å²) in [5, 5.41) is 0. The van der Waals surface area contributed by atoms with Crippen molar-refractivity contribution in [2.75, 3.05) is 66.6 Å². The number of carbonyl (C=O) groups excluding carboxylic acids is 1. The SMILES string of the molecule is CN(C)CCN1CCOC[C@@]2(CCCN(C(=O)c3ccccn3)C2)C1. The molecule has 0 aromatic carbocycles. The van der Waals surface area contributed by atoms with Crippen LogP contribution in [0.15, 0.2) is 24.4 Å². The number of amides is 1. The summed E-state index contributed by atoms with van der Waals surface area (Å²) in [5.41, 5.74) is 0.587. The molecular formula is C19H30N4O2. The van der Waals surface area contributed by atoms with Crippen LogP contribution in [0.5, 0.6) is 0 Å². The summed E-state index contributed by atoms with van der Waals surface area (Å²) in [6.45, 7) is 7.19. The molecule has 0 unspecified atom stereocenters. The summed E-state index contributed by atoms with van der Waals surface area (Å²) in [6, 6.07) is 5.52. The van der Waals surface area contributed by atoms with Crippen LogP contribution in [-0.2, 0) is 4.74 Å². The third-order valence-electron chi connectivity index (χ3n) is 5.22. The van der Waals surface area contributed by atoms with E-state index in [2.05, 4.69) is 28.9 Å². The van der Waals surface area contributed by atoms with E-state index < -0.39 is 0 Å². The van der Waals surface area contributed by atoms with Crippen LogP contribution in [0.1, 0.15) is 23.3 Å². The van der Waals surface area contributed by atoms with Gasteiger partial charge in [-0.15, -0.1) is 0 Å². The van der Waals surface area contributed by atoms with Crippen molar-refractivity contribution in [3.63, 3.8) is 0 Å². The first-order chi connectivity index (χ1) is 12.1. The monoisotopic (exact) mass is 346 g/mol. The van der Waals surface area contributed by atoms with Crippen LogP contribution in [0.3, 0.4) is 0 Å². The van der Waals surface area contributed by atoms with Gasteiger partial charge in [0.2, 0.25) is 0 Å². The lowest BCUT2D eigenvalue weighted by Gasteiger charge is -2.43. The molecule has 2 aliphatic rings. The Morgan fingerprint density at radius 1 is 1.32 bits per heavy atom. The number of hydrogen-bond acceptors (Lipinski definition) is 5. The summed E-state index contributed by atoms with van der Waals surface area (Å²) in [7, 11) is 4.22. The van der Waals surface area contributed by atoms with Gasteiger partial charge >= 0.3 is 0 Å². The van der Waals surface area contributed by atoms with Crippen molar-refractivity contribution in [1.29, 1.82) is 0 Å². The number of ether oxygens (including phenoxy) is 1. The number of likely N-dealkylation sites (tertiary alicyclic amines) is 1. The number of hydrogen-bond donors (Lipinski definition) is 0. The molecule has 1 spiro atoms. The minimum atomic E-state index is 0.0452. The Morgan fingerprint density at radius 3 is 2.96 bits per heavy atom. The zero-order valence-corrected chi connectivity index (χ0v) is 15.5. The maximum absolute atomic E-state index is 12.8. The Morgan fingerprint density at radius 2 is 2.20 bits per heavy atom. The number of piperidine rings is 1. The van der Waals surface area contributed by atoms with E-state index in [0.29, 0.717) is 5.69 Å². The first kappa shape index (κ1) is 18.3. The first-order valence-corrected chi connectivity index (χ1v) is 9.23. The van der Waals surface area contributed by atoms with Crippen molar-refractivity contribution in [2.24, 2.45) is 5.41 Å². The zero-order chi connectivity index (χ0) is 17.7. The summed E-state index contributed by atoms with van der Waals surface area (Å²) < 4.78 is 5.95. The van der Waals surface area contributed by atoms with Gasteiger partial charge in [-0.25, -0.2) is 0 Å². The molecule has 1 atom stereocenters. The molecule has 2 fully saturated rings. The van der Waals surface area contributed by atoms with E-state index in [-0.39, 0.29) is 11.3 Å². The molecule has 1 aromatic rings. The van der Waals surface area contributed by atoms with Gasteiger partial charge in [0.25, 0.3) is 5.91 Å². The van der Waals surface area contributed by atoms with Crippen molar-refractivity contribution in [2.45, 2.75) is 12.8 Å². The van der Waals surface area contributed by atoms with Crippen LogP contribution < -0.4 is 0 Å². The molecule has 2 aliphatic heterocycles. The van der Waals surface area contributed by atoms with E-state index >= 15 is 0 Å². The Kier molecular flexibility index (Phi) is 6.04. The molecule has 138 valence electrons. The van der Waals surface area contributed by atoms with Crippen LogP contribution >= 0.6 is 0 Å². The third-order valence-corrected chi connectivity index (χ3v) is 5.22. The number of nitrogens with zero attached hydrogens (tertiary/aromatic N) is 4. The van der Waals surface area contributed by atoms with E-state index in [9.17, 15) is 4.79 Å². The van der Waals surface area contributed by atoms with E-state index in [0.717, 1.165) is 65.3 Å². The fourth-order valence-electron chi connectivity index (χ4n) is 3.89. The van der Waals surface area contributed by atoms with E-state index in [4.69, 9.17) is 4.74 Å². The van der Waals surface area contributed by atoms with Crippen LogP contribution in [-0.4, -0.2) is 92.2 Å². The molecule has 3 heterocycles. The summed E-state index contributed by atoms with van der Waals surface area (Å²) in [6.07, 6.45) is 3.84. The topological polar surface area (TPSA) is 48.9 Å². The number of likely N-dealkylation sites (N-methyl/N-ethyl adjacent to an activating group) is 1. The lowest BCUT2D eigenvalue weighted by molar-refractivity contribution is 0.00694. The molecule has 1 aromatic heterocycles. The van der Waals surface area contributed by atoms with Gasteiger partial charge in [0.15, 0.2) is 0 Å². The van der Waals surface area contributed by atoms with Crippen molar-refractivity contribution in [3.8, 4) is 0 Å². The number of aromatic nitrogens is 1. The van der Waals surface area contributed by atoms with Gasteiger partial charge in [-0.3, -0.25) is 14.7 Å². The smallest absolute Gasteiger partial charge is 0.272 e. The third kappa shape index (κ3) is 4.77. The van der Waals surface area contributed by atoms with Crippen LogP contribution in [0.25, 0.3) is 0 Å². The number of carbonyl (C=O) groups is 1. The fraction of sp³-hybridized carbons (Fsp3) is 0.684. The Hall–Kier alpha value is -1.50. The normalized spacial score (nSPS) is 25.3. The molecular weight excluding hydrogens is 316 g/mol. The molecule has 6 nitrogen and oxygen atoms in total. The largest absolute Gasteiger partial charge is 0.379 e. The van der Waals surface area contributed by atoms with Crippen molar-refractivity contribution >= 4 is 5.91 Å². The molecule has 1 amide bonds. The lowest BCUT2D eigenvalue weighted by Crippen LogP contribution is -2.52. The molecule has 0 radical (unpaired) electrons. The number of pyridine rings is 1. The first-order valence-electron chi connectivity index (χ1n) is 9.23. The van der Waals surface area contributed by atoms with Gasteiger partial charge in [-0.1, -0.05) is 6.07 Å². The van der Waals surface area contributed by atoms with Crippen molar-refractivity contribution in [1.82, 2.24) is 19.7 Å². The van der Waals surface area contributed by atoms with Crippen LogP contribution in [0.2, 0.25) is 0 Å². The molecule has 25 heavy (non-hydrogen) atoms. The van der Waals surface area contributed by atoms with Gasteiger partial charge in [0.05, 0.1) is 13.2 Å². The quantitative estimate of drug-likeness (QED) is 0.820. The van der Waals surface area contributed by atoms with E-state index in [1.165, 1.54) is 0 Å². The van der Waals surface area contributed by atoms with Gasteiger partial charge in [0.1, 0.15) is 5.69 Å². The molecule has 0 saturated carbocycles. The molecule has 0 bridgehead atoms. The second-order valence-corrected chi connectivity index (χ2v) is 7.68. The fourth-order valence-corrected chi connectivity index (χ4v) is 3.89. The highest BCUT2D eigenvalue weighted by Gasteiger charge is 2.40. The lowest BCUT2D eigenvalue weighted by atomic mass is 9.80. The zero-order valence-electron chi connectivity index (χ0n) is 15.5. The number of rotatable bonds is 4. The maximum Gasteiger partial charge on any atom is 0.272 e. The Labute approximate surface area is 150 Å². The summed E-state index contributed by atoms with van der Waals surface area (Å²) >= 11 is 0. The molecule has 6 heteroatoms. The molecule has 0 aliphatic carbocycles. The van der Waals surface area contributed by atoms with Crippen molar-refractivity contribution in [3.05, 3.63) is 30.1 Å². The highest BCUT2D eigenvalue weighted by atomic mass is 16.5. The predicted octanol–water partition coefficient (Wildman–Crippen LogP) is 1.20. The van der Waals surface area contributed by atoms with Crippen LogP contribution in [0, 0.1) is 5.41 Å². The highest BCUT2D eigenvalue weighted by Crippen LogP contribution is 2.33.